The minimum absolute atomic E-state index is 0.455. The summed E-state index contributed by atoms with van der Waals surface area (Å²) in [6, 6.07) is 21.7. The fourth-order valence-electron chi connectivity index (χ4n) is 3.35. The number of methoxy groups -OCH3 is 1. The topological polar surface area (TPSA) is 74.1 Å². The molecule has 0 aliphatic rings. The van der Waals surface area contributed by atoms with Crippen LogP contribution in [0, 0.1) is 6.92 Å². The van der Waals surface area contributed by atoms with Crippen LogP contribution in [0.25, 0.3) is 5.69 Å². The van der Waals surface area contributed by atoms with Crippen LogP contribution in [-0.2, 0) is 13.2 Å². The van der Waals surface area contributed by atoms with Crippen LogP contribution in [0.15, 0.2) is 71.9 Å². The van der Waals surface area contributed by atoms with Crippen LogP contribution in [0.3, 0.4) is 0 Å². The van der Waals surface area contributed by atoms with E-state index in [1.54, 1.807) is 23.6 Å². The third-order valence-corrected chi connectivity index (χ3v) is 6.52. The molecule has 4 aromatic rings. The van der Waals surface area contributed by atoms with E-state index >= 15 is 0 Å². The van der Waals surface area contributed by atoms with Gasteiger partial charge in [-0.3, -0.25) is 0 Å². The zero-order valence-corrected chi connectivity index (χ0v) is 20.6. The molecule has 0 spiro atoms. The molecule has 0 saturated heterocycles. The maximum absolute atomic E-state index is 6.54. The zero-order chi connectivity index (χ0) is 23.8. The molecule has 34 heavy (non-hydrogen) atoms. The number of halogens is 1. The van der Waals surface area contributed by atoms with Crippen LogP contribution < -0.4 is 14.8 Å². The van der Waals surface area contributed by atoms with Gasteiger partial charge in [-0.25, -0.2) is 0 Å². The molecular weight excluding hydrogens is 470 g/mol. The first kappa shape index (κ1) is 24.1. The third kappa shape index (κ3) is 6.08. The second-order valence-corrected chi connectivity index (χ2v) is 9.01. The van der Waals surface area contributed by atoms with Crippen LogP contribution in [-0.4, -0.2) is 39.6 Å². The summed E-state index contributed by atoms with van der Waals surface area (Å²) in [6.45, 7) is 3.89. The summed E-state index contributed by atoms with van der Waals surface area (Å²) in [6.07, 6.45) is 0. The van der Waals surface area contributed by atoms with Gasteiger partial charge in [0.05, 0.1) is 12.8 Å². The van der Waals surface area contributed by atoms with E-state index < -0.39 is 0 Å². The van der Waals surface area contributed by atoms with Crippen LogP contribution in [0.2, 0.25) is 5.02 Å². The molecule has 9 heteroatoms. The highest BCUT2D eigenvalue weighted by Crippen LogP contribution is 2.34. The molecule has 7 nitrogen and oxygen atoms in total. The van der Waals surface area contributed by atoms with E-state index in [1.807, 2.05) is 54.6 Å². The zero-order valence-electron chi connectivity index (χ0n) is 19.1. The Hall–Kier alpha value is -3.07. The van der Waals surface area contributed by atoms with Gasteiger partial charge in [-0.2, -0.15) is 4.68 Å². The average molecular weight is 496 g/mol. The maximum Gasteiger partial charge on any atom is 0.214 e. The second kappa shape index (κ2) is 11.9. The third-order valence-electron chi connectivity index (χ3n) is 5.24. The highest BCUT2D eigenvalue weighted by atomic mass is 35.5. The molecule has 0 radical (unpaired) electrons. The maximum atomic E-state index is 6.54. The molecule has 3 aromatic carbocycles. The monoisotopic (exact) mass is 495 g/mol. The molecular formula is C25H26ClN5O2S. The predicted octanol–water partition coefficient (Wildman–Crippen LogP) is 5.09. The van der Waals surface area contributed by atoms with Gasteiger partial charge in [0.25, 0.3) is 0 Å². The van der Waals surface area contributed by atoms with E-state index in [0.717, 1.165) is 34.3 Å². The number of ether oxygens (including phenoxy) is 2. The lowest BCUT2D eigenvalue weighted by atomic mass is 10.1. The SMILES string of the molecule is COc1cc(CNCCSc2nnnn2-c2ccccc2)c(Cl)cc1OCc1ccccc1C. The summed E-state index contributed by atoms with van der Waals surface area (Å²) in [7, 11) is 1.63. The van der Waals surface area contributed by atoms with Gasteiger partial charge in [-0.05, 0) is 52.2 Å². The largest absolute Gasteiger partial charge is 0.493 e. The van der Waals surface area contributed by atoms with Crippen molar-refractivity contribution in [3.8, 4) is 17.2 Å². The van der Waals surface area contributed by atoms with E-state index in [1.165, 1.54) is 5.56 Å². The summed E-state index contributed by atoms with van der Waals surface area (Å²) >= 11 is 8.13. The van der Waals surface area contributed by atoms with Gasteiger partial charge >= 0.3 is 0 Å². The molecule has 1 heterocycles. The van der Waals surface area contributed by atoms with Crippen molar-refractivity contribution in [2.24, 2.45) is 0 Å². The molecule has 1 aromatic heterocycles. The Morgan fingerprint density at radius 3 is 2.59 bits per heavy atom. The number of hydrogen-bond donors (Lipinski definition) is 1. The van der Waals surface area contributed by atoms with Crippen molar-refractivity contribution >= 4 is 23.4 Å². The summed E-state index contributed by atoms with van der Waals surface area (Å²) in [5.74, 6) is 2.09. The lowest BCUT2D eigenvalue weighted by molar-refractivity contribution is 0.283. The number of hydrogen-bond acceptors (Lipinski definition) is 7. The number of aryl methyl sites for hydroxylation is 1. The molecule has 1 N–H and O–H groups in total. The van der Waals surface area contributed by atoms with E-state index in [2.05, 4.69) is 39.9 Å². The number of aromatic nitrogens is 4. The van der Waals surface area contributed by atoms with Gasteiger partial charge < -0.3 is 14.8 Å². The highest BCUT2D eigenvalue weighted by Gasteiger charge is 2.12. The Bertz CT molecular complexity index is 1220. The number of rotatable bonds is 11. The molecule has 0 atom stereocenters. The van der Waals surface area contributed by atoms with Gasteiger partial charge in [-0.15, -0.1) is 5.10 Å². The summed E-state index contributed by atoms with van der Waals surface area (Å²) in [5, 5.41) is 16.8. The van der Waals surface area contributed by atoms with Crippen molar-refractivity contribution in [1.82, 2.24) is 25.5 Å². The number of para-hydroxylation sites is 1. The molecule has 0 bridgehead atoms. The number of nitrogens with zero attached hydrogens (tertiary/aromatic N) is 4. The number of nitrogens with one attached hydrogen (secondary N) is 1. The van der Waals surface area contributed by atoms with Crippen LogP contribution in [0.4, 0.5) is 0 Å². The minimum atomic E-state index is 0.455. The summed E-state index contributed by atoms with van der Waals surface area (Å²) in [4.78, 5) is 0. The molecule has 0 aliphatic heterocycles. The van der Waals surface area contributed by atoms with Crippen molar-refractivity contribution in [3.63, 3.8) is 0 Å². The van der Waals surface area contributed by atoms with E-state index in [9.17, 15) is 0 Å². The fourth-order valence-corrected chi connectivity index (χ4v) is 4.36. The van der Waals surface area contributed by atoms with Gasteiger partial charge in [0.1, 0.15) is 6.61 Å². The first-order valence-electron chi connectivity index (χ1n) is 10.9. The molecule has 0 aliphatic carbocycles. The van der Waals surface area contributed by atoms with E-state index in [4.69, 9.17) is 21.1 Å². The second-order valence-electron chi connectivity index (χ2n) is 7.54. The predicted molar refractivity (Wildman–Crippen MR) is 135 cm³/mol. The molecule has 0 saturated carbocycles. The normalized spacial score (nSPS) is 10.9. The highest BCUT2D eigenvalue weighted by molar-refractivity contribution is 7.99. The van der Waals surface area contributed by atoms with Crippen molar-refractivity contribution < 1.29 is 9.47 Å². The quantitative estimate of drug-likeness (QED) is 0.229. The van der Waals surface area contributed by atoms with Gasteiger partial charge in [0, 0.05) is 29.9 Å². The molecule has 176 valence electrons. The molecule has 0 fully saturated rings. The van der Waals surface area contributed by atoms with Crippen molar-refractivity contribution in [2.45, 2.75) is 25.2 Å². The smallest absolute Gasteiger partial charge is 0.214 e. The van der Waals surface area contributed by atoms with Crippen molar-refractivity contribution in [1.29, 1.82) is 0 Å². The summed E-state index contributed by atoms with van der Waals surface area (Å²) < 4.78 is 13.3. The van der Waals surface area contributed by atoms with Crippen molar-refractivity contribution in [3.05, 3.63) is 88.4 Å². The first-order chi connectivity index (χ1) is 16.7. The first-order valence-corrected chi connectivity index (χ1v) is 12.2. The summed E-state index contributed by atoms with van der Waals surface area (Å²) in [5.41, 5.74) is 4.19. The minimum Gasteiger partial charge on any atom is -0.493 e. The van der Waals surface area contributed by atoms with Gasteiger partial charge in [0.15, 0.2) is 11.5 Å². The molecule has 0 unspecified atom stereocenters. The number of thioether (sulfide) groups is 1. The van der Waals surface area contributed by atoms with Crippen LogP contribution >= 0.6 is 23.4 Å². The molecule has 0 amide bonds. The Morgan fingerprint density at radius 2 is 1.79 bits per heavy atom. The van der Waals surface area contributed by atoms with E-state index in [0.29, 0.717) is 29.7 Å². The standard InChI is InChI=1S/C25H26ClN5O2S/c1-18-8-6-7-9-19(18)17-33-24-15-22(26)20(14-23(24)32-2)16-27-12-13-34-25-28-29-30-31(25)21-10-4-3-5-11-21/h3-11,14-15,27H,12-13,16-17H2,1-2H3. The Kier molecular flexibility index (Phi) is 8.41. The molecule has 4 rings (SSSR count). The lowest BCUT2D eigenvalue weighted by Crippen LogP contribution is -2.17. The lowest BCUT2D eigenvalue weighted by Gasteiger charge is -2.15. The Morgan fingerprint density at radius 1 is 1.00 bits per heavy atom. The van der Waals surface area contributed by atoms with Crippen LogP contribution in [0.5, 0.6) is 11.5 Å². The number of benzene rings is 3. The van der Waals surface area contributed by atoms with Crippen LogP contribution in [0.1, 0.15) is 16.7 Å². The van der Waals surface area contributed by atoms with Crippen molar-refractivity contribution in [2.75, 3.05) is 19.4 Å². The average Bonchev–Trinajstić information content (AvgIpc) is 3.33. The fraction of sp³-hybridized carbons (Fsp3) is 0.240. The Labute approximate surface area is 208 Å². The van der Waals surface area contributed by atoms with Gasteiger partial charge in [-0.1, -0.05) is 65.8 Å². The Balaban J connectivity index is 1.30. The van der Waals surface area contributed by atoms with E-state index in [-0.39, 0.29) is 0 Å². The van der Waals surface area contributed by atoms with Gasteiger partial charge in [0.2, 0.25) is 5.16 Å². The number of tetrazole rings is 1.